The topological polar surface area (TPSA) is 128 Å². The molecule has 40 heavy (non-hydrogen) atoms. The summed E-state index contributed by atoms with van der Waals surface area (Å²) in [4.78, 5) is 42.3. The number of carbonyl (C=O) groups excluding carboxylic acids is 3. The fourth-order valence-electron chi connectivity index (χ4n) is 4.41. The van der Waals surface area contributed by atoms with Crippen molar-refractivity contribution in [2.24, 2.45) is 0 Å². The van der Waals surface area contributed by atoms with Gasteiger partial charge in [0.25, 0.3) is 0 Å². The van der Waals surface area contributed by atoms with Crippen LogP contribution in [0, 0.1) is 0 Å². The Hall–Kier alpha value is -3.75. The maximum atomic E-state index is 14.3. The van der Waals surface area contributed by atoms with E-state index in [0.29, 0.717) is 17.5 Å². The molecule has 9 heteroatoms. The van der Waals surface area contributed by atoms with Gasteiger partial charge in [-0.3, -0.25) is 9.59 Å². The highest BCUT2D eigenvalue weighted by molar-refractivity contribution is 5.92. The lowest BCUT2D eigenvalue weighted by Crippen LogP contribution is -2.54. The second kappa shape index (κ2) is 15.1. The van der Waals surface area contributed by atoms with Gasteiger partial charge in [0, 0.05) is 24.6 Å². The summed E-state index contributed by atoms with van der Waals surface area (Å²) in [5, 5.41) is 26.2. The first-order valence-corrected chi connectivity index (χ1v) is 14.0. The molecule has 3 unspecified atom stereocenters. The predicted octanol–water partition coefficient (Wildman–Crippen LogP) is 5.21. The number of para-hydroxylation sites is 1. The Labute approximate surface area is 237 Å². The minimum absolute atomic E-state index is 0.0776. The second-order valence-corrected chi connectivity index (χ2v) is 11.1. The lowest BCUT2D eigenvalue weighted by molar-refractivity contribution is -0.142. The van der Waals surface area contributed by atoms with Crippen LogP contribution in [0.2, 0.25) is 0 Å². The van der Waals surface area contributed by atoms with Crippen molar-refractivity contribution in [2.75, 3.05) is 6.54 Å². The number of rotatable bonds is 13. The summed E-state index contributed by atoms with van der Waals surface area (Å²) >= 11 is 0. The van der Waals surface area contributed by atoms with Crippen LogP contribution in [0.25, 0.3) is 0 Å². The zero-order chi connectivity index (χ0) is 29.9. The summed E-state index contributed by atoms with van der Waals surface area (Å²) in [5.41, 5.74) is 0.211. The molecule has 220 valence electrons. The highest BCUT2D eigenvalue weighted by Gasteiger charge is 2.37. The van der Waals surface area contributed by atoms with Gasteiger partial charge >= 0.3 is 6.09 Å². The van der Waals surface area contributed by atoms with E-state index in [4.69, 9.17) is 4.74 Å². The van der Waals surface area contributed by atoms with Crippen LogP contribution >= 0.6 is 0 Å². The van der Waals surface area contributed by atoms with Crippen LogP contribution in [0.5, 0.6) is 11.5 Å². The Morgan fingerprint density at radius 1 is 0.950 bits per heavy atom. The number of phenolic OH excluding ortho intramolecular Hbond substituents is 2. The fourth-order valence-corrected chi connectivity index (χ4v) is 4.41. The quantitative estimate of drug-likeness (QED) is 0.269. The minimum Gasteiger partial charge on any atom is -0.508 e. The Kier molecular flexibility index (Phi) is 12.3. The molecule has 0 aliphatic heterocycles. The van der Waals surface area contributed by atoms with Crippen molar-refractivity contribution in [3.63, 3.8) is 0 Å². The summed E-state index contributed by atoms with van der Waals surface area (Å²) < 4.78 is 5.45. The molecule has 9 nitrogen and oxygen atoms in total. The number of carbonyl (C=O) groups is 3. The maximum absolute atomic E-state index is 14.3. The first-order chi connectivity index (χ1) is 18.9. The van der Waals surface area contributed by atoms with Gasteiger partial charge in [0.15, 0.2) is 0 Å². The van der Waals surface area contributed by atoms with Crippen LogP contribution in [0.15, 0.2) is 48.5 Å². The van der Waals surface area contributed by atoms with E-state index in [1.807, 2.05) is 20.8 Å². The zero-order valence-corrected chi connectivity index (χ0v) is 24.6. The van der Waals surface area contributed by atoms with Crippen LogP contribution in [0.3, 0.4) is 0 Å². The molecule has 0 saturated carbocycles. The number of nitrogens with one attached hydrogen (secondary N) is 2. The predicted molar refractivity (Wildman–Crippen MR) is 155 cm³/mol. The van der Waals surface area contributed by atoms with E-state index in [9.17, 15) is 24.6 Å². The third-order valence-electron chi connectivity index (χ3n) is 6.30. The van der Waals surface area contributed by atoms with Gasteiger partial charge in [-0.25, -0.2) is 4.79 Å². The molecule has 0 spiro atoms. The van der Waals surface area contributed by atoms with Crippen molar-refractivity contribution in [1.82, 2.24) is 15.5 Å². The first-order valence-electron chi connectivity index (χ1n) is 14.0. The smallest absolute Gasteiger partial charge is 0.408 e. The van der Waals surface area contributed by atoms with Crippen molar-refractivity contribution < 1.29 is 29.3 Å². The SMILES string of the molecule is CCCCN(C(=O)C(Cc1ccc(O)cc1)NC(=O)OC(C)(C)C)C(C(=O)NC(C)CCC)c1ccccc1O. The summed E-state index contributed by atoms with van der Waals surface area (Å²) in [6.07, 6.45) is 2.32. The van der Waals surface area contributed by atoms with Crippen molar-refractivity contribution in [3.8, 4) is 11.5 Å². The van der Waals surface area contributed by atoms with Crippen molar-refractivity contribution in [2.45, 2.75) is 97.4 Å². The largest absolute Gasteiger partial charge is 0.508 e. The molecule has 0 aliphatic rings. The van der Waals surface area contributed by atoms with Crippen LogP contribution in [0.4, 0.5) is 4.79 Å². The number of aromatic hydroxyl groups is 2. The molecule has 0 aromatic heterocycles. The van der Waals surface area contributed by atoms with Gasteiger partial charge in [-0.2, -0.15) is 0 Å². The Bertz CT molecular complexity index is 1110. The molecule has 0 bridgehead atoms. The van der Waals surface area contributed by atoms with Crippen LogP contribution in [-0.2, 0) is 20.7 Å². The normalized spacial score (nSPS) is 13.6. The van der Waals surface area contributed by atoms with E-state index < -0.39 is 35.6 Å². The zero-order valence-electron chi connectivity index (χ0n) is 24.6. The first kappa shape index (κ1) is 32.5. The number of nitrogens with zero attached hydrogens (tertiary/aromatic N) is 1. The van der Waals surface area contributed by atoms with Gasteiger partial charge in [-0.1, -0.05) is 57.0 Å². The number of phenols is 2. The number of hydrogen-bond donors (Lipinski definition) is 4. The number of unbranched alkanes of at least 4 members (excludes halogenated alkanes) is 1. The average molecular weight is 556 g/mol. The van der Waals surface area contributed by atoms with E-state index in [1.54, 1.807) is 51.1 Å². The summed E-state index contributed by atoms with van der Waals surface area (Å²) in [6.45, 7) is 11.3. The van der Waals surface area contributed by atoms with Crippen LogP contribution in [-0.4, -0.2) is 57.3 Å². The molecule has 2 aromatic carbocycles. The van der Waals surface area contributed by atoms with Gasteiger partial charge < -0.3 is 30.5 Å². The highest BCUT2D eigenvalue weighted by Crippen LogP contribution is 2.30. The van der Waals surface area contributed by atoms with Gasteiger partial charge in [-0.15, -0.1) is 0 Å². The van der Waals surface area contributed by atoms with Crippen molar-refractivity contribution in [1.29, 1.82) is 0 Å². The number of hydrogen-bond acceptors (Lipinski definition) is 6. The fraction of sp³-hybridized carbons (Fsp3) is 0.516. The second-order valence-electron chi connectivity index (χ2n) is 11.1. The summed E-state index contributed by atoms with van der Waals surface area (Å²) in [5.74, 6) is -0.921. The van der Waals surface area contributed by atoms with Crippen molar-refractivity contribution >= 4 is 17.9 Å². The lowest BCUT2D eigenvalue weighted by Gasteiger charge is -2.35. The number of ether oxygens (including phenoxy) is 1. The monoisotopic (exact) mass is 555 g/mol. The Morgan fingerprint density at radius 3 is 2.17 bits per heavy atom. The van der Waals surface area contributed by atoms with Gasteiger partial charge in [0.1, 0.15) is 29.2 Å². The average Bonchev–Trinajstić information content (AvgIpc) is 2.86. The Morgan fingerprint density at radius 2 is 1.60 bits per heavy atom. The molecule has 3 atom stereocenters. The molecule has 2 rings (SSSR count). The third kappa shape index (κ3) is 10.1. The van der Waals surface area contributed by atoms with E-state index in [0.717, 1.165) is 19.3 Å². The number of amides is 3. The standard InChI is InChI=1S/C31H45N3O6/c1-7-9-19-34(27(24-13-10-11-14-26(24)36)28(37)32-21(3)12-8-2)29(38)25(33-30(39)40-31(4,5)6)20-22-15-17-23(35)18-16-22/h10-11,13-18,21,25,27,35-36H,7-9,12,19-20H2,1-6H3,(H,32,37)(H,33,39). The minimum atomic E-state index is -1.12. The van der Waals surface area contributed by atoms with Gasteiger partial charge in [-0.05, 0) is 64.3 Å². The molecular formula is C31H45N3O6. The molecule has 0 radical (unpaired) electrons. The van der Waals surface area contributed by atoms with E-state index in [-0.39, 0.29) is 30.5 Å². The van der Waals surface area contributed by atoms with E-state index in [1.165, 1.54) is 23.1 Å². The third-order valence-corrected chi connectivity index (χ3v) is 6.30. The summed E-state index contributed by atoms with van der Waals surface area (Å²) in [6, 6.07) is 10.5. The van der Waals surface area contributed by atoms with Crippen LogP contribution in [0.1, 0.15) is 84.4 Å². The molecule has 0 heterocycles. The maximum Gasteiger partial charge on any atom is 0.408 e. The van der Waals surface area contributed by atoms with Crippen molar-refractivity contribution in [3.05, 3.63) is 59.7 Å². The molecule has 4 N–H and O–H groups in total. The Balaban J connectivity index is 2.56. The highest BCUT2D eigenvalue weighted by atomic mass is 16.6. The van der Waals surface area contributed by atoms with Gasteiger partial charge in [0.05, 0.1) is 0 Å². The number of benzene rings is 2. The number of alkyl carbamates (subject to hydrolysis) is 1. The molecule has 3 amide bonds. The van der Waals surface area contributed by atoms with E-state index >= 15 is 0 Å². The van der Waals surface area contributed by atoms with Crippen LogP contribution < -0.4 is 10.6 Å². The van der Waals surface area contributed by atoms with Gasteiger partial charge in [0.2, 0.25) is 11.8 Å². The molecule has 2 aromatic rings. The van der Waals surface area contributed by atoms with E-state index in [2.05, 4.69) is 10.6 Å². The summed E-state index contributed by atoms with van der Waals surface area (Å²) in [7, 11) is 0. The molecule has 0 saturated heterocycles. The molecule has 0 fully saturated rings. The lowest BCUT2D eigenvalue weighted by atomic mass is 9.98. The molecule has 0 aliphatic carbocycles. The molecular weight excluding hydrogens is 510 g/mol.